The first-order valence-corrected chi connectivity index (χ1v) is 9.44. The first kappa shape index (κ1) is 19.9. The maximum atomic E-state index is 14.1. The Kier molecular flexibility index (Phi) is 6.30. The summed E-state index contributed by atoms with van der Waals surface area (Å²) in [5.74, 6) is 1.36. The van der Waals surface area contributed by atoms with Crippen molar-refractivity contribution in [3.63, 3.8) is 0 Å². The lowest BCUT2D eigenvalue weighted by molar-refractivity contribution is 0.0805. The molecule has 4 N–H and O–H groups in total. The molecule has 150 valence electrons. The van der Waals surface area contributed by atoms with Gasteiger partial charge in [0.05, 0.1) is 11.5 Å². The van der Waals surface area contributed by atoms with Crippen LogP contribution in [-0.4, -0.2) is 35.0 Å². The maximum Gasteiger partial charge on any atom is 0.209 e. The normalized spacial score (nSPS) is 14.7. The molecule has 0 saturated carbocycles. The van der Waals surface area contributed by atoms with Gasteiger partial charge in [0, 0.05) is 31.5 Å². The molecular weight excluding hydrogens is 359 g/mol. The van der Waals surface area contributed by atoms with Crippen LogP contribution in [0.5, 0.6) is 0 Å². The Labute approximate surface area is 164 Å². The van der Waals surface area contributed by atoms with Crippen LogP contribution in [0.1, 0.15) is 38.4 Å². The monoisotopic (exact) mass is 386 g/mol. The zero-order valence-electron chi connectivity index (χ0n) is 16.3. The van der Waals surface area contributed by atoms with Crippen LogP contribution in [0.4, 0.5) is 21.8 Å². The number of imidazole rings is 1. The van der Waals surface area contributed by atoms with E-state index in [0.29, 0.717) is 35.0 Å². The topological polar surface area (TPSA) is 87.0 Å². The van der Waals surface area contributed by atoms with Crippen molar-refractivity contribution < 1.29 is 9.13 Å². The van der Waals surface area contributed by atoms with E-state index in [0.717, 1.165) is 26.1 Å². The number of ether oxygens (including phenoxy) is 1. The average molecular weight is 386 g/mol. The van der Waals surface area contributed by atoms with Crippen molar-refractivity contribution in [3.05, 3.63) is 48.2 Å². The van der Waals surface area contributed by atoms with Crippen LogP contribution in [0.3, 0.4) is 0 Å². The van der Waals surface area contributed by atoms with Gasteiger partial charge < -0.3 is 26.1 Å². The molecule has 3 rings (SSSR count). The fraction of sp³-hybridized carbons (Fsp3) is 0.400. The number of nitrogens with zero attached hydrogens (tertiary/aromatic N) is 2. The first-order valence-electron chi connectivity index (χ1n) is 9.44. The Hall–Kier alpha value is -2.87. The molecule has 0 spiro atoms. The Balaban J connectivity index is 1.85. The van der Waals surface area contributed by atoms with Crippen molar-refractivity contribution in [1.82, 2.24) is 14.9 Å². The Morgan fingerprint density at radius 1 is 1.36 bits per heavy atom. The zero-order valence-corrected chi connectivity index (χ0v) is 16.3. The highest BCUT2D eigenvalue weighted by molar-refractivity contribution is 5.84. The van der Waals surface area contributed by atoms with Gasteiger partial charge in [0.2, 0.25) is 5.95 Å². The zero-order chi connectivity index (χ0) is 20.1. The molecule has 1 fully saturated rings. The summed E-state index contributed by atoms with van der Waals surface area (Å²) in [6.07, 6.45) is 3.01. The minimum atomic E-state index is -0.364. The van der Waals surface area contributed by atoms with E-state index in [9.17, 15) is 4.39 Å². The standard InChI is InChI=1S/C20H27FN6O/c1-13(2)27-19(24-14(3)23-15-8-10-28-11-9-15)18(12-22)26-20(27)25-17-7-5-4-6-16(17)21/h4-7,12-13,15,22-24H,3,8-11H2,1-2H3,(H,25,26). The molecule has 0 bridgehead atoms. The quantitative estimate of drug-likeness (QED) is 0.515. The predicted molar refractivity (Wildman–Crippen MR) is 110 cm³/mol. The van der Waals surface area contributed by atoms with E-state index in [1.807, 2.05) is 18.4 Å². The van der Waals surface area contributed by atoms with Crippen LogP contribution in [0, 0.1) is 11.2 Å². The molecule has 1 aromatic carbocycles. The molecule has 1 aliphatic rings. The van der Waals surface area contributed by atoms with Crippen molar-refractivity contribution in [1.29, 1.82) is 5.41 Å². The van der Waals surface area contributed by atoms with Crippen molar-refractivity contribution in [2.24, 2.45) is 0 Å². The van der Waals surface area contributed by atoms with E-state index in [2.05, 4.69) is 27.5 Å². The van der Waals surface area contributed by atoms with E-state index in [4.69, 9.17) is 10.1 Å². The third kappa shape index (κ3) is 4.51. The summed E-state index contributed by atoms with van der Waals surface area (Å²) in [6, 6.07) is 6.75. The molecular formula is C20H27FN6O. The van der Waals surface area contributed by atoms with Crippen LogP contribution < -0.4 is 16.0 Å². The number of nitrogens with one attached hydrogen (secondary N) is 4. The molecule has 8 heteroatoms. The first-order chi connectivity index (χ1) is 13.5. The summed E-state index contributed by atoms with van der Waals surface area (Å²) in [5, 5.41) is 17.4. The summed E-state index contributed by atoms with van der Waals surface area (Å²) < 4.78 is 21.3. The van der Waals surface area contributed by atoms with Crippen LogP contribution >= 0.6 is 0 Å². The van der Waals surface area contributed by atoms with Gasteiger partial charge in [-0.1, -0.05) is 18.7 Å². The lowest BCUT2D eigenvalue weighted by Gasteiger charge is -2.26. The van der Waals surface area contributed by atoms with Crippen molar-refractivity contribution in [2.75, 3.05) is 23.8 Å². The molecule has 7 nitrogen and oxygen atoms in total. The third-order valence-corrected chi connectivity index (χ3v) is 4.58. The van der Waals surface area contributed by atoms with E-state index >= 15 is 0 Å². The van der Waals surface area contributed by atoms with Crippen molar-refractivity contribution >= 4 is 23.7 Å². The number of para-hydroxylation sites is 1. The average Bonchev–Trinajstić information content (AvgIpc) is 3.01. The molecule has 2 aromatic rings. The smallest absolute Gasteiger partial charge is 0.209 e. The van der Waals surface area contributed by atoms with Crippen LogP contribution in [0.15, 0.2) is 36.7 Å². The fourth-order valence-corrected chi connectivity index (χ4v) is 3.22. The van der Waals surface area contributed by atoms with Gasteiger partial charge in [0.15, 0.2) is 0 Å². The Morgan fingerprint density at radius 2 is 2.07 bits per heavy atom. The van der Waals surface area contributed by atoms with E-state index in [1.54, 1.807) is 18.2 Å². The van der Waals surface area contributed by atoms with E-state index in [1.165, 1.54) is 12.3 Å². The second-order valence-electron chi connectivity index (χ2n) is 7.02. The predicted octanol–water partition coefficient (Wildman–Crippen LogP) is 4.00. The number of rotatable bonds is 8. The summed E-state index contributed by atoms with van der Waals surface area (Å²) in [5.41, 5.74) is 0.777. The van der Waals surface area contributed by atoms with Gasteiger partial charge in [-0.2, -0.15) is 0 Å². The highest BCUT2D eigenvalue weighted by atomic mass is 19.1. The van der Waals surface area contributed by atoms with Gasteiger partial charge >= 0.3 is 0 Å². The molecule has 1 aliphatic heterocycles. The number of benzene rings is 1. The van der Waals surface area contributed by atoms with Gasteiger partial charge in [-0.3, -0.25) is 4.57 Å². The lowest BCUT2D eigenvalue weighted by atomic mass is 10.1. The fourth-order valence-electron chi connectivity index (χ4n) is 3.22. The number of halogens is 1. The van der Waals surface area contributed by atoms with Crippen LogP contribution in [-0.2, 0) is 4.74 Å². The third-order valence-electron chi connectivity index (χ3n) is 4.58. The largest absolute Gasteiger partial charge is 0.381 e. The summed E-state index contributed by atoms with van der Waals surface area (Å²) in [4.78, 5) is 4.48. The molecule has 0 atom stereocenters. The molecule has 1 saturated heterocycles. The lowest BCUT2D eigenvalue weighted by Crippen LogP contribution is -2.36. The van der Waals surface area contributed by atoms with E-state index in [-0.39, 0.29) is 11.9 Å². The second kappa shape index (κ2) is 8.88. The highest BCUT2D eigenvalue weighted by Crippen LogP contribution is 2.29. The van der Waals surface area contributed by atoms with Crippen LogP contribution in [0.2, 0.25) is 0 Å². The molecule has 2 heterocycles. The summed E-state index contributed by atoms with van der Waals surface area (Å²) in [7, 11) is 0. The van der Waals surface area contributed by atoms with Crippen LogP contribution in [0.25, 0.3) is 0 Å². The number of hydrogen-bond acceptors (Lipinski definition) is 6. The number of aromatic nitrogens is 2. The number of hydrogen-bond donors (Lipinski definition) is 4. The Bertz CT molecular complexity index is 841. The Morgan fingerprint density at radius 3 is 2.71 bits per heavy atom. The molecule has 0 aliphatic carbocycles. The minimum Gasteiger partial charge on any atom is -0.381 e. The van der Waals surface area contributed by atoms with Crippen molar-refractivity contribution in [2.45, 2.75) is 38.8 Å². The summed E-state index contributed by atoms with van der Waals surface area (Å²) >= 11 is 0. The second-order valence-corrected chi connectivity index (χ2v) is 7.02. The number of anilines is 3. The molecule has 0 amide bonds. The van der Waals surface area contributed by atoms with Gasteiger partial charge in [0.1, 0.15) is 17.3 Å². The van der Waals surface area contributed by atoms with Gasteiger partial charge in [0.25, 0.3) is 0 Å². The van der Waals surface area contributed by atoms with Gasteiger partial charge in [-0.25, -0.2) is 9.37 Å². The van der Waals surface area contributed by atoms with Crippen molar-refractivity contribution in [3.8, 4) is 0 Å². The van der Waals surface area contributed by atoms with Gasteiger partial charge in [-0.05, 0) is 38.8 Å². The maximum absolute atomic E-state index is 14.1. The SMILES string of the molecule is C=C(Nc1c(C=N)nc(Nc2ccccc2F)n1C(C)C)NC1CCOCC1. The minimum absolute atomic E-state index is 0.0221. The molecule has 0 unspecified atom stereocenters. The highest BCUT2D eigenvalue weighted by Gasteiger charge is 2.21. The van der Waals surface area contributed by atoms with E-state index < -0.39 is 0 Å². The molecule has 1 aromatic heterocycles. The van der Waals surface area contributed by atoms with Gasteiger partial charge in [-0.15, -0.1) is 0 Å². The summed E-state index contributed by atoms with van der Waals surface area (Å²) in [6.45, 7) is 9.54. The molecule has 0 radical (unpaired) electrons. The molecule has 28 heavy (non-hydrogen) atoms.